The number of amides is 2. The van der Waals surface area contributed by atoms with Crippen molar-refractivity contribution >= 4 is 62.3 Å². The van der Waals surface area contributed by atoms with E-state index in [0.29, 0.717) is 32.7 Å². The Kier molecular flexibility index (Phi) is 10.9. The predicted molar refractivity (Wildman–Crippen MR) is 162 cm³/mol. The molecule has 0 radical (unpaired) electrons. The van der Waals surface area contributed by atoms with Crippen molar-refractivity contribution in [2.75, 3.05) is 17.4 Å². The van der Waals surface area contributed by atoms with E-state index in [2.05, 4.69) is 5.32 Å². The van der Waals surface area contributed by atoms with E-state index in [4.69, 9.17) is 34.8 Å². The van der Waals surface area contributed by atoms with Gasteiger partial charge >= 0.3 is 0 Å². The number of hydrogen-bond acceptors (Lipinski definition) is 4. The van der Waals surface area contributed by atoms with E-state index < -0.39 is 28.5 Å². The van der Waals surface area contributed by atoms with Crippen molar-refractivity contribution in [3.8, 4) is 0 Å². The number of nitrogens with one attached hydrogen (secondary N) is 1. The molecule has 0 aromatic heterocycles. The number of likely N-dealkylation sites (N-methyl/N-ethyl adjacent to an activating group) is 1. The molecule has 2 amide bonds. The second-order valence-electron chi connectivity index (χ2n) is 9.30. The second kappa shape index (κ2) is 13.7. The first-order valence-electron chi connectivity index (χ1n) is 12.8. The van der Waals surface area contributed by atoms with Crippen LogP contribution in [0.3, 0.4) is 0 Å². The Morgan fingerprint density at radius 1 is 0.925 bits per heavy atom. The summed E-state index contributed by atoms with van der Waals surface area (Å²) in [7, 11) is -4.22. The highest BCUT2D eigenvalue weighted by molar-refractivity contribution is 7.92. The van der Waals surface area contributed by atoms with Crippen LogP contribution in [0.1, 0.15) is 37.0 Å². The molecule has 11 heteroatoms. The standard InChI is InChI=1S/C29H32Cl3N3O4S/c1-5-26(29(37)33-6-2)34(17-23-24(31)8-7-9-25(23)32)28(36)18-35(27-16-21(30)13-12-20(27)4)40(38,39)22-14-10-19(3)11-15-22/h7-16,26H,5-6,17-18H2,1-4H3,(H,33,37). The summed E-state index contributed by atoms with van der Waals surface area (Å²) in [5, 5.41) is 3.72. The van der Waals surface area contributed by atoms with Gasteiger partial charge in [-0.25, -0.2) is 8.42 Å². The normalized spacial score (nSPS) is 12.1. The Morgan fingerprint density at radius 2 is 1.55 bits per heavy atom. The van der Waals surface area contributed by atoms with E-state index >= 15 is 0 Å². The Labute approximate surface area is 251 Å². The molecule has 0 aliphatic heterocycles. The predicted octanol–water partition coefficient (Wildman–Crippen LogP) is 6.40. The minimum absolute atomic E-state index is 0.0155. The number of benzene rings is 3. The van der Waals surface area contributed by atoms with E-state index in [1.165, 1.54) is 23.1 Å². The third-order valence-corrected chi connectivity index (χ3v) is 9.17. The van der Waals surface area contributed by atoms with Crippen molar-refractivity contribution in [1.82, 2.24) is 10.2 Å². The lowest BCUT2D eigenvalue weighted by molar-refractivity contribution is -0.140. The molecule has 0 saturated heterocycles. The fraction of sp³-hybridized carbons (Fsp3) is 0.310. The molecule has 0 spiro atoms. The highest BCUT2D eigenvalue weighted by atomic mass is 35.5. The molecule has 3 rings (SSSR count). The maximum absolute atomic E-state index is 14.1. The Morgan fingerprint density at radius 3 is 2.12 bits per heavy atom. The Balaban J connectivity index is 2.14. The fourth-order valence-corrected chi connectivity index (χ4v) is 6.42. The summed E-state index contributed by atoms with van der Waals surface area (Å²) in [6.45, 7) is 6.81. The van der Waals surface area contributed by atoms with Crippen molar-refractivity contribution in [1.29, 1.82) is 0 Å². The van der Waals surface area contributed by atoms with E-state index in [1.54, 1.807) is 63.2 Å². The Hall–Kier alpha value is -2.78. The molecule has 0 aliphatic carbocycles. The SMILES string of the molecule is CCNC(=O)C(CC)N(Cc1c(Cl)cccc1Cl)C(=O)CN(c1cc(Cl)ccc1C)S(=O)(=O)c1ccc(C)cc1. The number of halogens is 3. The van der Waals surface area contributed by atoms with Gasteiger partial charge in [-0.1, -0.05) is 71.6 Å². The zero-order chi connectivity index (χ0) is 29.6. The molecule has 40 heavy (non-hydrogen) atoms. The number of aryl methyl sites for hydroxylation is 2. The van der Waals surface area contributed by atoms with Crippen LogP contribution in [0.4, 0.5) is 5.69 Å². The van der Waals surface area contributed by atoms with E-state index in [-0.39, 0.29) is 29.5 Å². The van der Waals surface area contributed by atoms with Gasteiger partial charge in [0.2, 0.25) is 11.8 Å². The Bertz CT molecular complexity index is 1460. The summed E-state index contributed by atoms with van der Waals surface area (Å²) in [6, 6.07) is 15.3. The van der Waals surface area contributed by atoms with Crippen molar-refractivity contribution < 1.29 is 18.0 Å². The van der Waals surface area contributed by atoms with Crippen LogP contribution in [0, 0.1) is 13.8 Å². The zero-order valence-electron chi connectivity index (χ0n) is 22.7. The first-order chi connectivity index (χ1) is 18.9. The van der Waals surface area contributed by atoms with Crippen LogP contribution < -0.4 is 9.62 Å². The first-order valence-corrected chi connectivity index (χ1v) is 15.3. The van der Waals surface area contributed by atoms with E-state index in [9.17, 15) is 18.0 Å². The van der Waals surface area contributed by atoms with Gasteiger partial charge in [0.1, 0.15) is 12.6 Å². The number of nitrogens with zero attached hydrogens (tertiary/aromatic N) is 2. The van der Waals surface area contributed by atoms with Crippen LogP contribution >= 0.6 is 34.8 Å². The van der Waals surface area contributed by atoms with Crippen LogP contribution in [0.5, 0.6) is 0 Å². The van der Waals surface area contributed by atoms with Crippen LogP contribution in [0.15, 0.2) is 65.6 Å². The number of rotatable bonds is 11. The first kappa shape index (κ1) is 31.7. The molecule has 3 aromatic carbocycles. The summed E-state index contributed by atoms with van der Waals surface area (Å²) in [5.41, 5.74) is 2.19. The van der Waals surface area contributed by atoms with Gasteiger partial charge in [0.25, 0.3) is 10.0 Å². The van der Waals surface area contributed by atoms with Crippen molar-refractivity contribution in [2.24, 2.45) is 0 Å². The molecule has 0 fully saturated rings. The summed E-state index contributed by atoms with van der Waals surface area (Å²) in [4.78, 5) is 28.5. The van der Waals surface area contributed by atoms with Gasteiger partial charge in [-0.2, -0.15) is 0 Å². The number of anilines is 1. The average Bonchev–Trinajstić information content (AvgIpc) is 2.90. The van der Waals surface area contributed by atoms with Gasteiger partial charge in [-0.15, -0.1) is 0 Å². The zero-order valence-corrected chi connectivity index (χ0v) is 25.8. The van der Waals surface area contributed by atoms with E-state index in [0.717, 1.165) is 9.87 Å². The molecule has 1 atom stereocenters. The highest BCUT2D eigenvalue weighted by Crippen LogP contribution is 2.31. The number of carbonyl (C=O) groups is 2. The summed E-state index contributed by atoms with van der Waals surface area (Å²) in [6.07, 6.45) is 0.278. The molecule has 1 unspecified atom stereocenters. The number of sulfonamides is 1. The van der Waals surface area contributed by atoms with Crippen LogP contribution in [-0.2, 0) is 26.2 Å². The molecule has 3 aromatic rings. The largest absolute Gasteiger partial charge is 0.355 e. The van der Waals surface area contributed by atoms with Gasteiger partial charge in [0, 0.05) is 33.7 Å². The van der Waals surface area contributed by atoms with E-state index in [1.807, 2.05) is 6.92 Å². The molecule has 0 aliphatic rings. The molecule has 0 heterocycles. The lowest BCUT2D eigenvalue weighted by Gasteiger charge is -2.34. The van der Waals surface area contributed by atoms with Gasteiger partial charge in [-0.05, 0) is 69.2 Å². The monoisotopic (exact) mass is 623 g/mol. The van der Waals surface area contributed by atoms with Crippen molar-refractivity contribution in [3.05, 3.63) is 92.4 Å². The average molecular weight is 625 g/mol. The molecular formula is C29H32Cl3N3O4S. The highest BCUT2D eigenvalue weighted by Gasteiger charge is 2.34. The number of hydrogen-bond donors (Lipinski definition) is 1. The summed E-state index contributed by atoms with van der Waals surface area (Å²) >= 11 is 19.1. The lowest BCUT2D eigenvalue weighted by atomic mass is 10.1. The van der Waals surface area contributed by atoms with Crippen LogP contribution in [0.2, 0.25) is 15.1 Å². The topological polar surface area (TPSA) is 86.8 Å². The van der Waals surface area contributed by atoms with Crippen molar-refractivity contribution in [3.63, 3.8) is 0 Å². The molecule has 214 valence electrons. The van der Waals surface area contributed by atoms with Crippen LogP contribution in [0.25, 0.3) is 0 Å². The lowest BCUT2D eigenvalue weighted by Crippen LogP contribution is -2.52. The van der Waals surface area contributed by atoms with Crippen molar-refractivity contribution in [2.45, 2.75) is 51.6 Å². The summed E-state index contributed by atoms with van der Waals surface area (Å²) in [5.74, 6) is -0.974. The third kappa shape index (κ3) is 7.29. The minimum atomic E-state index is -4.22. The quantitative estimate of drug-likeness (QED) is 0.267. The molecule has 0 bridgehead atoms. The van der Waals surface area contributed by atoms with Gasteiger partial charge in [0.05, 0.1) is 10.6 Å². The fourth-order valence-electron chi connectivity index (χ4n) is 4.27. The molecule has 1 N–H and O–H groups in total. The van der Waals surface area contributed by atoms with Gasteiger partial charge in [-0.3, -0.25) is 13.9 Å². The molecular weight excluding hydrogens is 593 g/mol. The molecule has 0 saturated carbocycles. The second-order valence-corrected chi connectivity index (χ2v) is 12.4. The van der Waals surface area contributed by atoms with Crippen LogP contribution in [-0.4, -0.2) is 44.3 Å². The van der Waals surface area contributed by atoms with Gasteiger partial charge < -0.3 is 10.2 Å². The molecule has 7 nitrogen and oxygen atoms in total. The maximum atomic E-state index is 14.1. The minimum Gasteiger partial charge on any atom is -0.355 e. The summed E-state index contributed by atoms with van der Waals surface area (Å²) < 4.78 is 29.0. The maximum Gasteiger partial charge on any atom is 0.264 e. The number of carbonyl (C=O) groups excluding carboxylic acids is 2. The smallest absolute Gasteiger partial charge is 0.264 e. The van der Waals surface area contributed by atoms with Gasteiger partial charge in [0.15, 0.2) is 0 Å². The third-order valence-electron chi connectivity index (χ3n) is 6.45.